The third-order valence-corrected chi connectivity index (χ3v) is 7.90. The number of benzene rings is 1. The average Bonchev–Trinajstić information content (AvgIpc) is 2.58. The van der Waals surface area contributed by atoms with Gasteiger partial charge in [0.05, 0.1) is 0 Å². The molecule has 0 N–H and O–H groups in total. The maximum atomic E-state index is 4.48. The van der Waals surface area contributed by atoms with E-state index in [-0.39, 0.29) is 0 Å². The summed E-state index contributed by atoms with van der Waals surface area (Å²) in [6.07, 6.45) is 4.02. The first kappa shape index (κ1) is 7.17. The minimum absolute atomic E-state index is 1.47. The molecule has 1 heterocycles. The standard InChI is InChI=1S/C6H5.C3H3N.In/c1-2-4-6-5-3-1;1-2-3-4;/h1-5H;1-3H;/q;-1;+1. The van der Waals surface area contributed by atoms with Gasteiger partial charge in [0.15, 0.2) is 0 Å². The summed E-state index contributed by atoms with van der Waals surface area (Å²) >= 11 is -1.72. The van der Waals surface area contributed by atoms with E-state index in [1.165, 1.54) is 3.32 Å². The van der Waals surface area contributed by atoms with Crippen molar-refractivity contribution >= 4 is 31.3 Å². The molecule has 0 spiro atoms. The van der Waals surface area contributed by atoms with Gasteiger partial charge in [-0.05, 0) is 0 Å². The Morgan fingerprint density at radius 2 is 1.91 bits per heavy atom. The fourth-order valence-corrected chi connectivity index (χ4v) is 6.06. The van der Waals surface area contributed by atoms with Gasteiger partial charge < -0.3 is 0 Å². The van der Waals surface area contributed by atoms with Crippen molar-refractivity contribution in [3.8, 4) is 0 Å². The van der Waals surface area contributed by atoms with E-state index in [1.54, 1.807) is 0 Å². The first-order valence-electron chi connectivity index (χ1n) is 3.72. The zero-order valence-corrected chi connectivity index (χ0v) is 9.44. The molecule has 52 valence electrons. The van der Waals surface area contributed by atoms with Crippen molar-refractivity contribution in [3.05, 3.63) is 40.2 Å². The molecule has 0 saturated heterocycles. The van der Waals surface area contributed by atoms with E-state index in [2.05, 4.69) is 43.2 Å². The summed E-state index contributed by atoms with van der Waals surface area (Å²) in [7, 11) is 0. The SMILES string of the molecule is C1=[CH][In]([c]2ccccc2)[N]=C1. The van der Waals surface area contributed by atoms with Crippen LogP contribution in [0.4, 0.5) is 0 Å². The Labute approximate surface area is 74.4 Å². The fourth-order valence-electron chi connectivity index (χ4n) is 1.19. The molecule has 1 aromatic carbocycles. The molecule has 0 bridgehead atoms. The molecule has 0 fully saturated rings. The van der Waals surface area contributed by atoms with Crippen LogP contribution in [0.5, 0.6) is 0 Å². The van der Waals surface area contributed by atoms with Crippen LogP contribution in [0.25, 0.3) is 0 Å². The van der Waals surface area contributed by atoms with Crippen molar-refractivity contribution in [1.82, 2.24) is 0 Å². The van der Waals surface area contributed by atoms with Crippen molar-refractivity contribution in [3.63, 3.8) is 0 Å². The monoisotopic (exact) mass is 245 g/mol. The molecule has 11 heavy (non-hydrogen) atoms. The molecule has 2 heteroatoms. The molecule has 0 unspecified atom stereocenters. The predicted molar refractivity (Wildman–Crippen MR) is 49.5 cm³/mol. The summed E-state index contributed by atoms with van der Waals surface area (Å²) in [6.45, 7) is 0. The van der Waals surface area contributed by atoms with Crippen LogP contribution in [-0.2, 0) is 0 Å². The van der Waals surface area contributed by atoms with Crippen molar-refractivity contribution in [2.75, 3.05) is 0 Å². The Morgan fingerprint density at radius 1 is 1.09 bits per heavy atom. The molecule has 0 saturated carbocycles. The van der Waals surface area contributed by atoms with Crippen LogP contribution in [0.3, 0.4) is 0 Å². The number of rotatable bonds is 1. The van der Waals surface area contributed by atoms with Crippen LogP contribution in [0.15, 0.2) is 43.2 Å². The predicted octanol–water partition coefficient (Wildman–Crippen LogP) is 1.06. The van der Waals surface area contributed by atoms with Crippen molar-refractivity contribution in [1.29, 1.82) is 0 Å². The van der Waals surface area contributed by atoms with Gasteiger partial charge in [-0.15, -0.1) is 0 Å². The fraction of sp³-hybridized carbons (Fsp3) is 0. The second-order valence-electron chi connectivity index (χ2n) is 2.54. The van der Waals surface area contributed by atoms with Gasteiger partial charge in [0.2, 0.25) is 0 Å². The van der Waals surface area contributed by atoms with Gasteiger partial charge in [0, 0.05) is 0 Å². The second kappa shape index (κ2) is 3.26. The number of allylic oxidation sites excluding steroid dienone is 1. The normalized spacial score (nSPS) is 14.4. The Kier molecular flexibility index (Phi) is 2.13. The summed E-state index contributed by atoms with van der Waals surface area (Å²) in [4.78, 5) is 0. The number of hydrogen-bond acceptors (Lipinski definition) is 1. The Morgan fingerprint density at radius 3 is 2.55 bits per heavy atom. The van der Waals surface area contributed by atoms with Gasteiger partial charge in [0.25, 0.3) is 0 Å². The minimum atomic E-state index is -1.72. The Balaban J connectivity index is 2.30. The molecule has 0 aromatic heterocycles. The summed E-state index contributed by atoms with van der Waals surface area (Å²) in [6, 6.07) is 10.6. The topological polar surface area (TPSA) is 12.4 Å². The molecular formula is C9H8InN. The molecule has 1 nitrogen and oxygen atoms in total. The van der Waals surface area contributed by atoms with Crippen LogP contribution < -0.4 is 3.32 Å². The molecular weight excluding hydrogens is 237 g/mol. The van der Waals surface area contributed by atoms with Gasteiger partial charge in [-0.1, -0.05) is 0 Å². The van der Waals surface area contributed by atoms with E-state index in [9.17, 15) is 0 Å². The number of hydrogen-bond donors (Lipinski definition) is 0. The Hall–Kier alpha value is -0.500. The van der Waals surface area contributed by atoms with E-state index in [1.807, 2.05) is 6.21 Å². The van der Waals surface area contributed by atoms with Gasteiger partial charge in [-0.2, -0.15) is 0 Å². The Bertz CT molecular complexity index is 278. The van der Waals surface area contributed by atoms with Crippen molar-refractivity contribution in [2.24, 2.45) is 2.98 Å². The maximum absolute atomic E-state index is 4.48. The van der Waals surface area contributed by atoms with E-state index in [0.717, 1.165) is 0 Å². The summed E-state index contributed by atoms with van der Waals surface area (Å²) in [5.74, 6) is 0. The van der Waals surface area contributed by atoms with Crippen LogP contribution in [-0.4, -0.2) is 27.9 Å². The molecule has 0 aliphatic carbocycles. The van der Waals surface area contributed by atoms with Gasteiger partial charge in [-0.25, -0.2) is 0 Å². The molecule has 0 atom stereocenters. The van der Waals surface area contributed by atoms with Gasteiger partial charge in [0.1, 0.15) is 0 Å². The molecule has 1 aromatic rings. The van der Waals surface area contributed by atoms with Crippen LogP contribution in [0.2, 0.25) is 0 Å². The molecule has 0 radical (unpaired) electrons. The first-order chi connectivity index (χ1) is 5.47. The number of nitrogens with zero attached hydrogens (tertiary/aromatic N) is 1. The van der Waals surface area contributed by atoms with Crippen molar-refractivity contribution in [2.45, 2.75) is 0 Å². The van der Waals surface area contributed by atoms with E-state index < -0.39 is 21.7 Å². The van der Waals surface area contributed by atoms with Crippen LogP contribution >= 0.6 is 0 Å². The zero-order valence-electron chi connectivity index (χ0n) is 6.14. The van der Waals surface area contributed by atoms with Crippen molar-refractivity contribution < 1.29 is 0 Å². The zero-order chi connectivity index (χ0) is 7.52. The van der Waals surface area contributed by atoms with Crippen LogP contribution in [0, 0.1) is 0 Å². The van der Waals surface area contributed by atoms with E-state index in [0.29, 0.717) is 0 Å². The van der Waals surface area contributed by atoms with E-state index in [4.69, 9.17) is 0 Å². The second-order valence-corrected chi connectivity index (χ2v) is 8.93. The first-order valence-corrected chi connectivity index (χ1v) is 8.74. The third kappa shape index (κ3) is 1.56. The quantitative estimate of drug-likeness (QED) is 0.701. The summed E-state index contributed by atoms with van der Waals surface area (Å²) < 4.78 is 8.25. The summed E-state index contributed by atoms with van der Waals surface area (Å²) in [5, 5.41) is 0. The van der Waals surface area contributed by atoms with E-state index >= 15 is 0 Å². The molecule has 1 aliphatic heterocycles. The third-order valence-electron chi connectivity index (χ3n) is 1.77. The molecule has 0 amide bonds. The van der Waals surface area contributed by atoms with Gasteiger partial charge in [-0.3, -0.25) is 0 Å². The summed E-state index contributed by atoms with van der Waals surface area (Å²) in [5.41, 5.74) is 0. The molecule has 1 aliphatic rings. The average molecular weight is 245 g/mol. The van der Waals surface area contributed by atoms with Gasteiger partial charge >= 0.3 is 74.5 Å². The van der Waals surface area contributed by atoms with Crippen LogP contribution in [0.1, 0.15) is 0 Å². The molecule has 2 rings (SSSR count).